The van der Waals surface area contributed by atoms with Gasteiger partial charge in [-0.1, -0.05) is 12.1 Å². The number of aromatic nitrogens is 2. The van der Waals surface area contributed by atoms with E-state index in [1.165, 1.54) is 6.07 Å². The Hall–Kier alpha value is -2.71. The molecule has 226 valence electrons. The van der Waals surface area contributed by atoms with Gasteiger partial charge >= 0.3 is 6.18 Å². The summed E-state index contributed by atoms with van der Waals surface area (Å²) in [7, 11) is -3.57. The van der Waals surface area contributed by atoms with E-state index in [4.69, 9.17) is 9.88 Å². The Labute approximate surface area is 246 Å². The number of halogens is 3. The zero-order valence-electron chi connectivity index (χ0n) is 23.0. The number of benzene rings is 1. The molecule has 42 heavy (non-hydrogen) atoms. The zero-order valence-corrected chi connectivity index (χ0v) is 24.6. The largest absolute Gasteiger partial charge is 0.598 e. The van der Waals surface area contributed by atoms with E-state index >= 15 is 0 Å². The first kappa shape index (κ1) is 30.7. The highest BCUT2D eigenvalue weighted by molar-refractivity contribution is 7.92. The van der Waals surface area contributed by atoms with Crippen molar-refractivity contribution in [2.24, 2.45) is 5.14 Å². The van der Waals surface area contributed by atoms with Crippen molar-refractivity contribution in [3.8, 4) is 11.1 Å². The lowest BCUT2D eigenvalue weighted by Crippen LogP contribution is -2.50. The summed E-state index contributed by atoms with van der Waals surface area (Å²) in [6.07, 6.45) is 0.643. The van der Waals surface area contributed by atoms with Crippen LogP contribution >= 0.6 is 0 Å². The third-order valence-electron chi connectivity index (χ3n) is 8.21. The number of anilines is 1. The molecule has 8 nitrogen and oxygen atoms in total. The first-order valence-electron chi connectivity index (χ1n) is 13.7. The fourth-order valence-corrected chi connectivity index (χ4v) is 7.93. The van der Waals surface area contributed by atoms with Crippen molar-refractivity contribution in [3.63, 3.8) is 0 Å². The number of alkyl halides is 3. The molecule has 1 aliphatic heterocycles. The van der Waals surface area contributed by atoms with E-state index in [0.29, 0.717) is 51.1 Å². The van der Waals surface area contributed by atoms with Gasteiger partial charge in [0, 0.05) is 36.2 Å². The molecule has 1 saturated carbocycles. The first-order valence-corrected chi connectivity index (χ1v) is 16.5. The molecule has 2 aliphatic rings. The molecule has 5 rings (SSSR count). The monoisotopic (exact) mass is 622 g/mol. The number of nitrogens with one attached hydrogen (secondary N) is 1. The van der Waals surface area contributed by atoms with E-state index < -0.39 is 38.2 Å². The van der Waals surface area contributed by atoms with Crippen molar-refractivity contribution in [2.45, 2.75) is 72.1 Å². The third-order valence-corrected chi connectivity index (χ3v) is 11.4. The van der Waals surface area contributed by atoms with E-state index in [1.54, 1.807) is 30.5 Å². The third kappa shape index (κ3) is 6.60. The van der Waals surface area contributed by atoms with Gasteiger partial charge in [0.25, 0.3) is 0 Å². The Bertz CT molecular complexity index is 1470. The summed E-state index contributed by atoms with van der Waals surface area (Å²) >= 11 is -1.45. The number of ether oxygens (including phenoxy) is 1. The van der Waals surface area contributed by atoms with Gasteiger partial charge in [-0.25, -0.2) is 13.4 Å². The molecule has 0 amide bonds. The topological polar surface area (TPSA) is 130 Å². The van der Waals surface area contributed by atoms with Crippen LogP contribution in [-0.2, 0) is 37.5 Å². The lowest BCUT2D eigenvalue weighted by atomic mass is 9.77. The predicted octanol–water partition coefficient (Wildman–Crippen LogP) is 5.03. The Morgan fingerprint density at radius 2 is 1.76 bits per heavy atom. The van der Waals surface area contributed by atoms with Crippen LogP contribution in [0.5, 0.6) is 0 Å². The van der Waals surface area contributed by atoms with Gasteiger partial charge in [0.15, 0.2) is 9.84 Å². The molecular weight excluding hydrogens is 589 g/mol. The summed E-state index contributed by atoms with van der Waals surface area (Å²) in [5.74, 6) is 0.337. The summed E-state index contributed by atoms with van der Waals surface area (Å²) in [4.78, 5) is 8.68. The minimum Gasteiger partial charge on any atom is -0.598 e. The average molecular weight is 623 g/mol. The van der Waals surface area contributed by atoms with Crippen LogP contribution in [0.2, 0.25) is 0 Å². The second-order valence-corrected chi connectivity index (χ2v) is 14.9. The highest BCUT2D eigenvalue weighted by Crippen LogP contribution is 2.38. The fraction of sp³-hybridized carbons (Fsp3) is 0.448. The molecule has 2 fully saturated rings. The molecule has 1 saturated heterocycles. The van der Waals surface area contributed by atoms with Crippen LogP contribution < -0.4 is 10.5 Å². The minimum absolute atomic E-state index is 0.0684. The predicted molar refractivity (Wildman–Crippen MR) is 155 cm³/mol. The second kappa shape index (κ2) is 12.1. The molecule has 0 spiro atoms. The van der Waals surface area contributed by atoms with E-state index in [1.807, 2.05) is 19.1 Å². The summed E-state index contributed by atoms with van der Waals surface area (Å²) in [6.45, 7) is 2.79. The van der Waals surface area contributed by atoms with Crippen LogP contribution in [0.15, 0.2) is 65.8 Å². The average Bonchev–Trinajstić information content (AvgIpc) is 2.95. The van der Waals surface area contributed by atoms with Crippen LogP contribution in [0.1, 0.15) is 50.3 Å². The van der Waals surface area contributed by atoms with E-state index in [2.05, 4.69) is 15.3 Å². The van der Waals surface area contributed by atoms with Gasteiger partial charge in [0.2, 0.25) is 0 Å². The molecule has 1 aromatic carbocycles. The summed E-state index contributed by atoms with van der Waals surface area (Å²) in [6, 6.07) is 12.9. The van der Waals surface area contributed by atoms with Gasteiger partial charge in [0.1, 0.15) is 11.1 Å². The maximum absolute atomic E-state index is 13.4. The van der Waals surface area contributed by atoms with Crippen molar-refractivity contribution in [1.29, 1.82) is 0 Å². The number of hydrogen-bond donors (Lipinski definition) is 2. The molecule has 2 aromatic heterocycles. The number of nitrogens with zero attached hydrogens (tertiary/aromatic N) is 2. The van der Waals surface area contributed by atoms with Crippen molar-refractivity contribution >= 4 is 27.0 Å². The van der Waals surface area contributed by atoms with Gasteiger partial charge in [0.05, 0.1) is 40.0 Å². The molecule has 0 radical (unpaired) electrons. The number of nitrogens with two attached hydrogens (primary N) is 1. The molecule has 2 atom stereocenters. The fourth-order valence-electron chi connectivity index (χ4n) is 5.65. The molecule has 1 aliphatic carbocycles. The van der Waals surface area contributed by atoms with Crippen molar-refractivity contribution in [1.82, 2.24) is 9.97 Å². The van der Waals surface area contributed by atoms with Gasteiger partial charge in [-0.3, -0.25) is 4.98 Å². The lowest BCUT2D eigenvalue weighted by molar-refractivity contribution is -0.137. The lowest BCUT2D eigenvalue weighted by Gasteiger charge is -2.42. The summed E-state index contributed by atoms with van der Waals surface area (Å²) < 4.78 is 82.5. The Kier molecular flexibility index (Phi) is 8.87. The van der Waals surface area contributed by atoms with Crippen molar-refractivity contribution in [3.05, 3.63) is 72.2 Å². The number of pyridine rings is 2. The SMILES string of the molecule is CC(CC1(c2cc(-c3ccc(S(=O)(=O)C4CCC(Nc5ccc(C(F)(F)F)cn5)CC4)cc3)ccn2)COC1)[S+](N)[O-]. The number of rotatable bonds is 9. The van der Waals surface area contributed by atoms with Gasteiger partial charge in [-0.05, 0) is 80.1 Å². The van der Waals surface area contributed by atoms with Crippen molar-refractivity contribution in [2.75, 3.05) is 18.5 Å². The van der Waals surface area contributed by atoms with Crippen LogP contribution in [0.25, 0.3) is 11.1 Å². The second-order valence-electron chi connectivity index (χ2n) is 11.2. The molecular formula is C29H33F3N4O4S2. The Morgan fingerprint density at radius 1 is 1.07 bits per heavy atom. The van der Waals surface area contributed by atoms with Crippen LogP contribution in [-0.4, -0.2) is 52.7 Å². The molecule has 2 unspecified atom stereocenters. The minimum atomic E-state index is -4.45. The van der Waals surface area contributed by atoms with Gasteiger partial charge in [-0.15, -0.1) is 0 Å². The zero-order chi connectivity index (χ0) is 30.1. The highest BCUT2D eigenvalue weighted by Gasteiger charge is 2.45. The maximum atomic E-state index is 13.4. The van der Waals surface area contributed by atoms with E-state index in [9.17, 15) is 26.1 Å². The number of sulfone groups is 1. The van der Waals surface area contributed by atoms with Gasteiger partial charge in [-0.2, -0.15) is 18.3 Å². The summed E-state index contributed by atoms with van der Waals surface area (Å²) in [5.41, 5.74) is 1.40. The van der Waals surface area contributed by atoms with Crippen molar-refractivity contribution < 1.29 is 30.9 Å². The molecule has 0 bridgehead atoms. The van der Waals surface area contributed by atoms with Crippen LogP contribution in [0.3, 0.4) is 0 Å². The van der Waals surface area contributed by atoms with Gasteiger partial charge < -0.3 is 14.6 Å². The smallest absolute Gasteiger partial charge is 0.417 e. The Morgan fingerprint density at radius 3 is 2.31 bits per heavy atom. The standard InChI is InChI=1S/C29H33F3N4O4S2/c1-19(41(33)37)15-28(17-40-18-28)26-14-21(12-13-34-26)20-2-7-24(8-3-20)42(38,39)25-9-5-23(6-10-25)36-27-11-4-22(16-35-27)29(30,31)32/h2-4,7-8,11-14,16,19,23,25H,5-6,9-10,15,17-18,33H2,1H3,(H,35,36). The van der Waals surface area contributed by atoms with E-state index in [0.717, 1.165) is 29.1 Å². The molecule has 3 heterocycles. The summed E-state index contributed by atoms with van der Waals surface area (Å²) in [5, 5.41) is 7.98. The van der Waals surface area contributed by atoms with Crippen LogP contribution in [0, 0.1) is 0 Å². The number of hydrogen-bond acceptors (Lipinski definition) is 8. The van der Waals surface area contributed by atoms with E-state index in [-0.39, 0.29) is 21.6 Å². The van der Waals surface area contributed by atoms with Crippen LogP contribution in [0.4, 0.5) is 19.0 Å². The first-order chi connectivity index (χ1) is 19.9. The normalized spacial score (nSPS) is 22.1. The molecule has 3 aromatic rings. The maximum Gasteiger partial charge on any atom is 0.417 e. The molecule has 3 N–H and O–H groups in total. The molecule has 13 heteroatoms. The highest BCUT2D eigenvalue weighted by atomic mass is 32.2. The Balaban J connectivity index is 1.22. The quantitative estimate of drug-likeness (QED) is 0.318.